The van der Waals surface area contributed by atoms with E-state index < -0.39 is 0 Å². The molecule has 2 aromatic heterocycles. The fourth-order valence-electron chi connectivity index (χ4n) is 2.17. The maximum Gasteiger partial charge on any atom is 0.0678 e. The highest BCUT2D eigenvalue weighted by Crippen LogP contribution is 2.16. The Hall–Kier alpha value is -1.20. The molecule has 0 saturated carbocycles. The maximum absolute atomic E-state index is 4.65. The average molecular weight is 337 g/mol. The van der Waals surface area contributed by atoms with Gasteiger partial charge in [0.25, 0.3) is 0 Å². The van der Waals surface area contributed by atoms with E-state index in [9.17, 15) is 0 Å². The molecule has 4 nitrogen and oxygen atoms in total. The summed E-state index contributed by atoms with van der Waals surface area (Å²) >= 11 is 3.45. The minimum atomic E-state index is 0.478. The molecule has 0 bridgehead atoms. The molecule has 0 aliphatic rings. The van der Waals surface area contributed by atoms with Gasteiger partial charge in [-0.05, 0) is 41.4 Å². The van der Waals surface area contributed by atoms with Crippen molar-refractivity contribution in [2.75, 3.05) is 0 Å². The van der Waals surface area contributed by atoms with Crippen LogP contribution < -0.4 is 5.32 Å². The second-order valence-corrected chi connectivity index (χ2v) is 6.27. The largest absolute Gasteiger partial charge is 0.310 e. The molecule has 0 atom stereocenters. The Morgan fingerprint density at radius 1 is 1.30 bits per heavy atom. The Bertz CT molecular complexity index is 590. The second kappa shape index (κ2) is 6.50. The molecule has 0 saturated heterocycles. The molecule has 0 unspecified atom stereocenters. The smallest absolute Gasteiger partial charge is 0.0678 e. The topological polar surface area (TPSA) is 42.7 Å². The van der Waals surface area contributed by atoms with Crippen LogP contribution in [-0.4, -0.2) is 20.8 Å². The van der Waals surface area contributed by atoms with Crippen LogP contribution in [0, 0.1) is 13.8 Å². The molecule has 5 heteroatoms. The summed E-state index contributed by atoms with van der Waals surface area (Å²) in [4.78, 5) is 4.20. The van der Waals surface area contributed by atoms with Gasteiger partial charge in [0.1, 0.15) is 0 Å². The average Bonchev–Trinajstić information content (AvgIpc) is 2.62. The number of hydrogen-bond acceptors (Lipinski definition) is 3. The van der Waals surface area contributed by atoms with Gasteiger partial charge in [-0.2, -0.15) is 5.10 Å². The fourth-order valence-corrected chi connectivity index (χ4v) is 2.58. The SMILES string of the molecule is Cc1nn(Cc2cncc(Br)c2)c(C)c1CNC(C)C. The zero-order valence-electron chi connectivity index (χ0n) is 12.4. The van der Waals surface area contributed by atoms with E-state index in [2.05, 4.69) is 69.8 Å². The first-order chi connectivity index (χ1) is 9.47. The van der Waals surface area contributed by atoms with Crippen LogP contribution in [0.1, 0.15) is 36.4 Å². The van der Waals surface area contributed by atoms with E-state index in [-0.39, 0.29) is 0 Å². The lowest BCUT2D eigenvalue weighted by Crippen LogP contribution is -2.22. The zero-order valence-corrected chi connectivity index (χ0v) is 14.0. The number of aromatic nitrogens is 3. The predicted molar refractivity (Wildman–Crippen MR) is 84.7 cm³/mol. The molecular weight excluding hydrogens is 316 g/mol. The van der Waals surface area contributed by atoms with Gasteiger partial charge in [-0.15, -0.1) is 0 Å². The van der Waals surface area contributed by atoms with Crippen LogP contribution in [0.3, 0.4) is 0 Å². The van der Waals surface area contributed by atoms with Gasteiger partial charge in [-0.25, -0.2) is 0 Å². The molecule has 2 heterocycles. The molecule has 108 valence electrons. The van der Waals surface area contributed by atoms with Crippen molar-refractivity contribution in [2.24, 2.45) is 0 Å². The first-order valence-electron chi connectivity index (χ1n) is 6.83. The zero-order chi connectivity index (χ0) is 14.7. The molecule has 0 amide bonds. The third kappa shape index (κ3) is 3.67. The standard InChI is InChI=1S/C15H21BrN4/c1-10(2)18-8-15-11(3)19-20(12(15)4)9-13-5-14(16)7-17-6-13/h5-7,10,18H,8-9H2,1-4H3. The summed E-state index contributed by atoms with van der Waals surface area (Å²) in [6.45, 7) is 10.1. The highest BCUT2D eigenvalue weighted by molar-refractivity contribution is 9.10. The molecule has 0 aromatic carbocycles. The number of halogens is 1. The predicted octanol–water partition coefficient (Wildman–Crippen LogP) is 3.20. The summed E-state index contributed by atoms with van der Waals surface area (Å²) in [7, 11) is 0. The van der Waals surface area contributed by atoms with E-state index in [0.29, 0.717) is 6.04 Å². The highest BCUT2D eigenvalue weighted by Gasteiger charge is 2.12. The molecule has 0 radical (unpaired) electrons. The van der Waals surface area contributed by atoms with E-state index in [4.69, 9.17) is 0 Å². The van der Waals surface area contributed by atoms with Crippen molar-refractivity contribution >= 4 is 15.9 Å². The third-order valence-corrected chi connectivity index (χ3v) is 3.75. The van der Waals surface area contributed by atoms with Crippen LogP contribution >= 0.6 is 15.9 Å². The number of pyridine rings is 1. The first-order valence-corrected chi connectivity index (χ1v) is 7.62. The van der Waals surface area contributed by atoms with Crippen molar-refractivity contribution < 1.29 is 0 Å². The minimum absolute atomic E-state index is 0.478. The van der Waals surface area contributed by atoms with Crippen LogP contribution in [-0.2, 0) is 13.1 Å². The molecule has 2 aromatic rings. The Morgan fingerprint density at radius 2 is 2.05 bits per heavy atom. The molecule has 20 heavy (non-hydrogen) atoms. The number of hydrogen-bond donors (Lipinski definition) is 1. The summed E-state index contributed by atoms with van der Waals surface area (Å²) in [6.07, 6.45) is 3.68. The van der Waals surface area contributed by atoms with E-state index in [1.54, 1.807) is 6.20 Å². The van der Waals surface area contributed by atoms with Gasteiger partial charge in [0.05, 0.1) is 12.2 Å². The molecule has 0 fully saturated rings. The monoisotopic (exact) mass is 336 g/mol. The van der Waals surface area contributed by atoms with Gasteiger partial charge in [-0.3, -0.25) is 9.67 Å². The van der Waals surface area contributed by atoms with Gasteiger partial charge in [0.2, 0.25) is 0 Å². The molecule has 1 N–H and O–H groups in total. The van der Waals surface area contributed by atoms with Crippen molar-refractivity contribution in [3.8, 4) is 0 Å². The molecule has 2 rings (SSSR count). The molecule has 0 aliphatic heterocycles. The van der Waals surface area contributed by atoms with Crippen LogP contribution in [0.15, 0.2) is 22.9 Å². The normalized spacial score (nSPS) is 11.3. The summed E-state index contributed by atoms with van der Waals surface area (Å²) < 4.78 is 3.05. The summed E-state index contributed by atoms with van der Waals surface area (Å²) in [6, 6.07) is 2.56. The lowest BCUT2D eigenvalue weighted by Gasteiger charge is -2.09. The third-order valence-electron chi connectivity index (χ3n) is 3.31. The summed E-state index contributed by atoms with van der Waals surface area (Å²) in [5.41, 5.74) is 4.75. The Kier molecular flexibility index (Phi) is 4.94. The lowest BCUT2D eigenvalue weighted by molar-refractivity contribution is 0.584. The van der Waals surface area contributed by atoms with Crippen LogP contribution in [0.5, 0.6) is 0 Å². The van der Waals surface area contributed by atoms with E-state index in [1.807, 2.05) is 6.20 Å². The van der Waals surface area contributed by atoms with Crippen molar-refractivity contribution in [2.45, 2.75) is 46.8 Å². The van der Waals surface area contributed by atoms with Crippen LogP contribution in [0.2, 0.25) is 0 Å². The van der Waals surface area contributed by atoms with E-state index in [0.717, 1.165) is 28.8 Å². The molecular formula is C15H21BrN4. The Morgan fingerprint density at radius 3 is 2.70 bits per heavy atom. The summed E-state index contributed by atoms with van der Waals surface area (Å²) in [5.74, 6) is 0. The number of rotatable bonds is 5. The lowest BCUT2D eigenvalue weighted by atomic mass is 10.2. The molecule has 0 spiro atoms. The van der Waals surface area contributed by atoms with Gasteiger partial charge in [0.15, 0.2) is 0 Å². The fraction of sp³-hybridized carbons (Fsp3) is 0.467. The van der Waals surface area contributed by atoms with Crippen LogP contribution in [0.25, 0.3) is 0 Å². The van der Waals surface area contributed by atoms with Gasteiger partial charge in [0, 0.05) is 40.7 Å². The van der Waals surface area contributed by atoms with Gasteiger partial charge in [-0.1, -0.05) is 13.8 Å². The van der Waals surface area contributed by atoms with E-state index >= 15 is 0 Å². The van der Waals surface area contributed by atoms with E-state index in [1.165, 1.54) is 11.3 Å². The first kappa shape index (κ1) is 15.2. The van der Waals surface area contributed by atoms with Crippen molar-refractivity contribution in [1.82, 2.24) is 20.1 Å². The van der Waals surface area contributed by atoms with Crippen molar-refractivity contribution in [3.05, 3.63) is 45.4 Å². The van der Waals surface area contributed by atoms with Crippen molar-refractivity contribution in [3.63, 3.8) is 0 Å². The number of aryl methyl sites for hydroxylation is 1. The minimum Gasteiger partial charge on any atom is -0.310 e. The van der Waals surface area contributed by atoms with Crippen molar-refractivity contribution in [1.29, 1.82) is 0 Å². The highest BCUT2D eigenvalue weighted by atomic mass is 79.9. The van der Waals surface area contributed by atoms with Crippen LogP contribution in [0.4, 0.5) is 0 Å². The van der Waals surface area contributed by atoms with Gasteiger partial charge < -0.3 is 5.32 Å². The second-order valence-electron chi connectivity index (χ2n) is 5.35. The number of nitrogens with zero attached hydrogens (tertiary/aromatic N) is 3. The Balaban J connectivity index is 2.19. The summed E-state index contributed by atoms with van der Waals surface area (Å²) in [5, 5.41) is 8.10. The Labute approximate surface area is 128 Å². The number of nitrogens with one attached hydrogen (secondary N) is 1. The molecule has 0 aliphatic carbocycles. The van der Waals surface area contributed by atoms with Gasteiger partial charge >= 0.3 is 0 Å². The quantitative estimate of drug-likeness (QED) is 0.911. The maximum atomic E-state index is 4.65.